The van der Waals surface area contributed by atoms with Crippen LogP contribution in [0.25, 0.3) is 0 Å². The molecule has 0 spiro atoms. The number of hydrogen-bond acceptors (Lipinski definition) is 2. The maximum atomic E-state index is 11.1. The van der Waals surface area contributed by atoms with E-state index in [1.54, 1.807) is 0 Å². The highest BCUT2D eigenvalue weighted by Crippen LogP contribution is 2.24. The Kier molecular flexibility index (Phi) is 3.89. The number of hydroxylamine groups is 2. The fraction of sp³-hybridized carbons (Fsp3) is 0.545. The first-order valence-corrected chi connectivity index (χ1v) is 4.88. The van der Waals surface area contributed by atoms with Gasteiger partial charge in [0.15, 0.2) is 0 Å². The average molecular weight is 195 g/mol. The van der Waals surface area contributed by atoms with E-state index >= 15 is 0 Å². The van der Waals surface area contributed by atoms with Crippen LogP contribution in [-0.4, -0.2) is 23.6 Å². The van der Waals surface area contributed by atoms with Gasteiger partial charge in [-0.15, -0.1) is 6.58 Å². The molecule has 1 fully saturated rings. The number of nitrogens with zero attached hydrogens (tertiary/aromatic N) is 1. The van der Waals surface area contributed by atoms with E-state index < -0.39 is 0 Å². The van der Waals surface area contributed by atoms with Crippen LogP contribution in [0.1, 0.15) is 26.2 Å². The van der Waals surface area contributed by atoms with Crippen molar-refractivity contribution in [2.45, 2.75) is 32.2 Å². The van der Waals surface area contributed by atoms with Crippen LogP contribution >= 0.6 is 0 Å². The highest BCUT2D eigenvalue weighted by atomic mass is 16.7. The second-order valence-corrected chi connectivity index (χ2v) is 3.55. The Hall–Kier alpha value is -1.09. The van der Waals surface area contributed by atoms with Gasteiger partial charge in [-0.3, -0.25) is 9.63 Å². The van der Waals surface area contributed by atoms with Crippen LogP contribution in [-0.2, 0) is 9.63 Å². The van der Waals surface area contributed by atoms with Gasteiger partial charge in [0.2, 0.25) is 5.91 Å². The van der Waals surface area contributed by atoms with Crippen molar-refractivity contribution >= 4 is 5.91 Å². The smallest absolute Gasteiger partial charge is 0.249 e. The van der Waals surface area contributed by atoms with Crippen LogP contribution < -0.4 is 0 Å². The Labute approximate surface area is 85.0 Å². The molecule has 0 aromatic rings. The zero-order valence-electron chi connectivity index (χ0n) is 8.66. The van der Waals surface area contributed by atoms with E-state index in [1.807, 2.05) is 13.0 Å². The van der Waals surface area contributed by atoms with E-state index in [4.69, 9.17) is 4.84 Å². The Morgan fingerprint density at radius 1 is 1.79 bits per heavy atom. The van der Waals surface area contributed by atoms with Crippen LogP contribution in [0.5, 0.6) is 0 Å². The fourth-order valence-electron chi connectivity index (χ4n) is 1.33. The number of carbonyl (C=O) groups is 1. The molecule has 0 unspecified atom stereocenters. The van der Waals surface area contributed by atoms with Crippen LogP contribution in [0.2, 0.25) is 0 Å². The molecular formula is C11H17NO2. The average Bonchev–Trinajstić information content (AvgIpc) is 2.13. The van der Waals surface area contributed by atoms with Crippen LogP contribution in [0, 0.1) is 0 Å². The van der Waals surface area contributed by atoms with E-state index in [2.05, 4.69) is 13.2 Å². The third-order valence-corrected chi connectivity index (χ3v) is 2.25. The lowest BCUT2D eigenvalue weighted by atomic mass is 9.99. The van der Waals surface area contributed by atoms with E-state index in [0.29, 0.717) is 13.0 Å². The van der Waals surface area contributed by atoms with Crippen molar-refractivity contribution in [2.24, 2.45) is 0 Å². The molecule has 1 rings (SSSR count). The fourth-order valence-corrected chi connectivity index (χ4v) is 1.33. The predicted molar refractivity (Wildman–Crippen MR) is 55.4 cm³/mol. The summed E-state index contributed by atoms with van der Waals surface area (Å²) in [6.07, 6.45) is 4.20. The zero-order valence-corrected chi connectivity index (χ0v) is 8.66. The summed E-state index contributed by atoms with van der Waals surface area (Å²) < 4.78 is 0. The summed E-state index contributed by atoms with van der Waals surface area (Å²) in [4.78, 5) is 16.5. The van der Waals surface area contributed by atoms with Crippen molar-refractivity contribution in [2.75, 3.05) is 6.61 Å². The second kappa shape index (κ2) is 4.96. The molecule has 1 heterocycles. The quantitative estimate of drug-likeness (QED) is 0.369. The minimum Gasteiger partial charge on any atom is -0.272 e. The molecule has 0 bridgehead atoms. The monoisotopic (exact) mass is 195 g/mol. The van der Waals surface area contributed by atoms with Crippen molar-refractivity contribution < 1.29 is 9.63 Å². The lowest BCUT2D eigenvalue weighted by molar-refractivity contribution is -0.222. The van der Waals surface area contributed by atoms with Gasteiger partial charge in [0.25, 0.3) is 0 Å². The molecule has 1 aliphatic heterocycles. The first-order chi connectivity index (χ1) is 6.66. The number of amides is 1. The van der Waals surface area contributed by atoms with Gasteiger partial charge in [-0.2, -0.15) is 0 Å². The molecule has 0 aromatic heterocycles. The van der Waals surface area contributed by atoms with Crippen molar-refractivity contribution in [3.8, 4) is 0 Å². The summed E-state index contributed by atoms with van der Waals surface area (Å²) in [5, 5.41) is 1.44. The maximum absolute atomic E-state index is 11.1. The Bertz CT molecular complexity index is 248. The topological polar surface area (TPSA) is 29.5 Å². The van der Waals surface area contributed by atoms with Crippen LogP contribution in [0.15, 0.2) is 24.8 Å². The first kappa shape index (κ1) is 11.0. The van der Waals surface area contributed by atoms with E-state index in [0.717, 1.165) is 18.4 Å². The molecule has 1 saturated heterocycles. The zero-order chi connectivity index (χ0) is 10.6. The number of hydrogen-bond donors (Lipinski definition) is 0. The third-order valence-electron chi connectivity index (χ3n) is 2.25. The molecule has 3 heteroatoms. The predicted octanol–water partition coefficient (Wildman–Crippen LogP) is 2.06. The summed E-state index contributed by atoms with van der Waals surface area (Å²) in [5.74, 6) is 0.0524. The number of β-lactam (4-membered cyclic amide) rings is 1. The molecule has 0 aromatic carbocycles. The van der Waals surface area contributed by atoms with Crippen LogP contribution in [0.4, 0.5) is 0 Å². The van der Waals surface area contributed by atoms with Gasteiger partial charge in [0.1, 0.15) is 0 Å². The third kappa shape index (κ3) is 2.45. The van der Waals surface area contributed by atoms with Crippen molar-refractivity contribution in [3.63, 3.8) is 0 Å². The number of allylic oxidation sites excluding steroid dienone is 1. The normalized spacial score (nSPS) is 20.5. The second-order valence-electron chi connectivity index (χ2n) is 3.55. The summed E-state index contributed by atoms with van der Waals surface area (Å²) in [6.45, 7) is 9.92. The van der Waals surface area contributed by atoms with Crippen molar-refractivity contribution in [3.05, 3.63) is 24.8 Å². The summed E-state index contributed by atoms with van der Waals surface area (Å²) in [6, 6.07) is 0.0891. The maximum Gasteiger partial charge on any atom is 0.249 e. The molecule has 0 radical (unpaired) electrons. The standard InChI is InChI=1S/C11H17NO2/c1-4-5-6-7-14-12-10(9(2)3)8-11(12)13/h4,10H,1-2,5-8H2,3H3/t10-/m1/s1. The molecule has 1 atom stereocenters. The van der Waals surface area contributed by atoms with Crippen LogP contribution in [0.3, 0.4) is 0 Å². The minimum absolute atomic E-state index is 0.0524. The summed E-state index contributed by atoms with van der Waals surface area (Å²) in [7, 11) is 0. The van der Waals surface area contributed by atoms with E-state index in [1.165, 1.54) is 5.06 Å². The van der Waals surface area contributed by atoms with Crippen molar-refractivity contribution in [1.82, 2.24) is 5.06 Å². The number of rotatable bonds is 6. The highest BCUT2D eigenvalue weighted by molar-refractivity contribution is 5.83. The number of carbonyl (C=O) groups excluding carboxylic acids is 1. The Balaban J connectivity index is 2.25. The van der Waals surface area contributed by atoms with Gasteiger partial charge >= 0.3 is 0 Å². The summed E-state index contributed by atoms with van der Waals surface area (Å²) >= 11 is 0. The molecule has 0 aliphatic carbocycles. The molecule has 3 nitrogen and oxygen atoms in total. The Morgan fingerprint density at radius 3 is 3.00 bits per heavy atom. The molecule has 0 N–H and O–H groups in total. The van der Waals surface area contributed by atoms with E-state index in [9.17, 15) is 4.79 Å². The molecular weight excluding hydrogens is 178 g/mol. The van der Waals surface area contributed by atoms with Crippen molar-refractivity contribution in [1.29, 1.82) is 0 Å². The van der Waals surface area contributed by atoms with Gasteiger partial charge in [0.05, 0.1) is 19.1 Å². The van der Waals surface area contributed by atoms with Gasteiger partial charge < -0.3 is 0 Å². The SMILES string of the molecule is C=CCCCON1C(=O)C[C@@H]1C(=C)C. The lowest BCUT2D eigenvalue weighted by Crippen LogP contribution is -2.52. The first-order valence-electron chi connectivity index (χ1n) is 4.88. The molecule has 78 valence electrons. The van der Waals surface area contributed by atoms with Gasteiger partial charge in [0, 0.05) is 0 Å². The highest BCUT2D eigenvalue weighted by Gasteiger charge is 2.37. The number of unbranched alkanes of at least 4 members (excludes halogenated alkanes) is 1. The van der Waals surface area contributed by atoms with Gasteiger partial charge in [-0.1, -0.05) is 18.2 Å². The van der Waals surface area contributed by atoms with E-state index in [-0.39, 0.29) is 11.9 Å². The largest absolute Gasteiger partial charge is 0.272 e. The Morgan fingerprint density at radius 2 is 2.50 bits per heavy atom. The molecule has 1 aliphatic rings. The van der Waals surface area contributed by atoms with Gasteiger partial charge in [-0.25, -0.2) is 5.06 Å². The minimum atomic E-state index is 0.0524. The van der Waals surface area contributed by atoms with Gasteiger partial charge in [-0.05, 0) is 19.8 Å². The summed E-state index contributed by atoms with van der Waals surface area (Å²) in [5.41, 5.74) is 0.980. The molecule has 14 heavy (non-hydrogen) atoms. The molecule has 0 saturated carbocycles. The lowest BCUT2D eigenvalue weighted by Gasteiger charge is -2.39. The molecule has 1 amide bonds.